The molecule has 0 aromatic carbocycles. The predicted molar refractivity (Wildman–Crippen MR) is 23.9 cm³/mol. The summed E-state index contributed by atoms with van der Waals surface area (Å²) in [4.78, 5) is 0. The molecule has 0 atom stereocenters. The summed E-state index contributed by atoms with van der Waals surface area (Å²) < 4.78 is 29.6. The Hall–Kier alpha value is 1.49. The van der Waals surface area contributed by atoms with Crippen LogP contribution in [0.1, 0.15) is 1.43 Å². The Morgan fingerprint density at radius 2 is 1.78 bits per heavy atom. The Bertz CT molecular complexity index is 151. The smallest absolute Gasteiger partial charge is 1.00 e. The van der Waals surface area contributed by atoms with Crippen molar-refractivity contribution in [1.29, 1.82) is 0 Å². The zero-order valence-corrected chi connectivity index (χ0v) is 8.49. The molecule has 0 spiro atoms. The molecule has 6 nitrogen and oxygen atoms in total. The van der Waals surface area contributed by atoms with Gasteiger partial charge in [0.2, 0.25) is 0 Å². The monoisotopic (exact) mass is 182 g/mol. The van der Waals surface area contributed by atoms with Crippen molar-refractivity contribution < 1.29 is 79.9 Å². The van der Waals surface area contributed by atoms with Crippen LogP contribution >= 0.6 is 0 Å². The average molecular weight is 182 g/mol. The number of rotatable bonds is 2. The largest absolute Gasteiger partial charge is 1.00 e. The van der Waals surface area contributed by atoms with Gasteiger partial charge in [0.05, 0.1) is 0 Å². The van der Waals surface area contributed by atoms with Crippen LogP contribution < -0.4 is 51.4 Å². The van der Waals surface area contributed by atoms with Gasteiger partial charge in [-0.05, 0) is 0 Å². The van der Waals surface area contributed by atoms with E-state index in [9.17, 15) is 8.42 Å². The van der Waals surface area contributed by atoms with Crippen molar-refractivity contribution >= 4 is 17.7 Å². The second kappa shape index (κ2) is 5.18. The van der Waals surface area contributed by atoms with E-state index in [-0.39, 0.29) is 52.8 Å². The first-order valence-corrected chi connectivity index (χ1v) is 2.80. The molecule has 0 rings (SSSR count). The van der Waals surface area contributed by atoms with Crippen LogP contribution in [0.25, 0.3) is 0 Å². The molecule has 0 aliphatic heterocycles. The molecule has 50 valence electrons. The fourth-order valence-electron chi connectivity index (χ4n) is 0.109. The molecular weight excluding hydrogens is 178 g/mol. The zero-order valence-electron chi connectivity index (χ0n) is 5.55. The normalized spacial score (nSPS) is 10.1. The van der Waals surface area contributed by atoms with Crippen LogP contribution in [0.15, 0.2) is 0 Å². The first-order chi connectivity index (χ1) is 3.42. The van der Waals surface area contributed by atoms with E-state index in [1.165, 1.54) is 0 Å². The minimum absolute atomic E-state index is 0. The molecule has 0 aromatic heterocycles. The van der Waals surface area contributed by atoms with Crippen molar-refractivity contribution in [1.82, 2.24) is 0 Å². The van der Waals surface area contributed by atoms with Gasteiger partial charge in [-0.1, -0.05) is 0 Å². The summed E-state index contributed by atoms with van der Waals surface area (Å²) in [7, 11) is -7.22. The summed E-state index contributed by atoms with van der Waals surface area (Å²) in [5.41, 5.74) is 0. The third-order valence-electron chi connectivity index (χ3n) is 0.208. The Morgan fingerprint density at radius 1 is 1.44 bits per heavy atom. The zero-order chi connectivity index (χ0) is 6.78. The third kappa shape index (κ3) is 12.6. The van der Waals surface area contributed by atoms with Crippen molar-refractivity contribution in [3.05, 3.63) is 0 Å². The van der Waals surface area contributed by atoms with Crippen LogP contribution in [0.3, 0.4) is 0 Å². The van der Waals surface area contributed by atoms with E-state index in [2.05, 4.69) is 4.10 Å². The van der Waals surface area contributed by atoms with Gasteiger partial charge in [0.25, 0.3) is 0 Å². The minimum atomic E-state index is -4.72. The molecule has 0 fully saturated rings. The van der Waals surface area contributed by atoms with E-state index in [0.29, 0.717) is 0 Å². The van der Waals surface area contributed by atoms with Gasteiger partial charge in [-0.25, -0.2) is 4.10 Å². The van der Waals surface area contributed by atoms with Gasteiger partial charge < -0.3 is 11.5 Å². The first kappa shape index (κ1) is 13.1. The van der Waals surface area contributed by atoms with Gasteiger partial charge in [-0.2, -0.15) is 8.42 Å². The summed E-state index contributed by atoms with van der Waals surface area (Å²) in [5, 5.41) is 15.4. The topological polar surface area (TPSA) is 104 Å². The second-order valence-corrected chi connectivity index (χ2v) is 1.90. The molecule has 0 radical (unpaired) electrons. The molecule has 0 amide bonds. The molecule has 0 saturated heterocycles. The molecule has 0 heterocycles. The molecule has 3 N–H and O–H groups in total. The van der Waals surface area contributed by atoms with E-state index >= 15 is 0 Å². The summed E-state index contributed by atoms with van der Waals surface area (Å²) in [6, 6.07) is 0. The second-order valence-electron chi connectivity index (χ2n) is 0.850. The molecule has 0 saturated carbocycles. The van der Waals surface area contributed by atoms with E-state index in [0.717, 1.165) is 0 Å². The first-order valence-electron chi connectivity index (χ1n) is 1.43. The van der Waals surface area contributed by atoms with Crippen LogP contribution in [-0.4, -0.2) is 30.3 Å². The molecule has 9 heteroatoms. The van der Waals surface area contributed by atoms with Crippen LogP contribution in [0, 0.1) is 0 Å². The van der Waals surface area contributed by atoms with Gasteiger partial charge in [-0.3, -0.25) is 4.55 Å². The van der Waals surface area contributed by atoms with E-state index < -0.39 is 17.7 Å². The molecule has 0 aromatic rings. The van der Waals surface area contributed by atoms with Gasteiger partial charge >= 0.3 is 69.1 Å². The van der Waals surface area contributed by atoms with Crippen molar-refractivity contribution in [2.45, 2.75) is 0 Å². The number of hydrogen-bond donors (Lipinski definition) is 3. The Labute approximate surface area is 96.2 Å². The van der Waals surface area contributed by atoms with Crippen LogP contribution in [0.4, 0.5) is 0 Å². The standard InChI is InChI=1S/BH3O6S.K.H/c2-1(3)7-8(4,5)6;;/h2-3H,(H,4,5,6);;/q;+1;-1. The molecule has 0 aliphatic rings. The van der Waals surface area contributed by atoms with E-state index in [1.54, 1.807) is 0 Å². The van der Waals surface area contributed by atoms with E-state index in [1.807, 2.05) is 0 Å². The van der Waals surface area contributed by atoms with Crippen molar-refractivity contribution in [3.8, 4) is 0 Å². The molecule has 9 heavy (non-hydrogen) atoms. The van der Waals surface area contributed by atoms with Crippen LogP contribution in [0.5, 0.6) is 0 Å². The van der Waals surface area contributed by atoms with Gasteiger partial charge in [-0.15, -0.1) is 0 Å². The van der Waals surface area contributed by atoms with E-state index in [4.69, 9.17) is 14.6 Å². The SMILES string of the molecule is O=S(=O)(O)OB(O)O.[H-].[K+]. The maximum Gasteiger partial charge on any atom is 1.00 e. The maximum absolute atomic E-state index is 9.46. The van der Waals surface area contributed by atoms with Crippen molar-refractivity contribution in [2.24, 2.45) is 0 Å². The molecule has 0 bridgehead atoms. The van der Waals surface area contributed by atoms with Gasteiger partial charge in [0, 0.05) is 0 Å². The summed E-state index contributed by atoms with van der Waals surface area (Å²) in [6.07, 6.45) is 0. The van der Waals surface area contributed by atoms with Gasteiger partial charge in [0.1, 0.15) is 0 Å². The Morgan fingerprint density at radius 3 is 1.78 bits per heavy atom. The Kier molecular flexibility index (Phi) is 7.55. The fraction of sp³-hybridized carbons (Fsp3) is 0. The number of hydrogen-bond acceptors (Lipinski definition) is 5. The van der Waals surface area contributed by atoms with Crippen molar-refractivity contribution in [3.63, 3.8) is 0 Å². The quantitative estimate of drug-likeness (QED) is 0.291. The summed E-state index contributed by atoms with van der Waals surface area (Å²) >= 11 is 0. The average Bonchev–Trinajstić information content (AvgIpc) is 1.21. The summed E-state index contributed by atoms with van der Waals surface area (Å²) in [5.74, 6) is 0. The van der Waals surface area contributed by atoms with Crippen LogP contribution in [-0.2, 0) is 14.5 Å². The summed E-state index contributed by atoms with van der Waals surface area (Å²) in [6.45, 7) is 0. The maximum atomic E-state index is 9.46. The molecular formula is H4BKO6S. The fourth-order valence-corrected chi connectivity index (χ4v) is 0.326. The van der Waals surface area contributed by atoms with Crippen molar-refractivity contribution in [2.75, 3.05) is 0 Å². The Balaban J connectivity index is -0.000000245. The molecule has 0 unspecified atom stereocenters. The molecule has 0 aliphatic carbocycles. The minimum Gasteiger partial charge on any atom is -1.00 e. The third-order valence-corrected chi connectivity index (χ3v) is 0.623. The van der Waals surface area contributed by atoms with Crippen LogP contribution in [0.2, 0.25) is 0 Å². The van der Waals surface area contributed by atoms with Gasteiger partial charge in [0.15, 0.2) is 0 Å². The predicted octanol–water partition coefficient (Wildman–Crippen LogP) is -5.11.